The van der Waals surface area contributed by atoms with Gasteiger partial charge in [-0.1, -0.05) is 43.5 Å². The summed E-state index contributed by atoms with van der Waals surface area (Å²) in [5, 5.41) is 6.49. The maximum atomic E-state index is 12.3. The fourth-order valence-corrected chi connectivity index (χ4v) is 4.53. The van der Waals surface area contributed by atoms with E-state index in [0.717, 1.165) is 39.0 Å². The Morgan fingerprint density at radius 3 is 2.42 bits per heavy atom. The van der Waals surface area contributed by atoms with Gasteiger partial charge < -0.3 is 15.5 Å². The lowest BCUT2D eigenvalue weighted by atomic mass is 9.94. The number of nitrogens with one attached hydrogen (secondary N) is 2. The van der Waals surface area contributed by atoms with Crippen LogP contribution in [0.3, 0.4) is 0 Å². The minimum absolute atomic E-state index is 0. The van der Waals surface area contributed by atoms with Crippen molar-refractivity contribution in [3.05, 3.63) is 35.4 Å². The average molecular weight is 542 g/mol. The fourth-order valence-electron chi connectivity index (χ4n) is 4.53. The summed E-state index contributed by atoms with van der Waals surface area (Å²) in [6.07, 6.45) is 8.96. The van der Waals surface area contributed by atoms with Crippen molar-refractivity contribution in [2.24, 2.45) is 4.99 Å². The third-order valence-corrected chi connectivity index (χ3v) is 6.35. The van der Waals surface area contributed by atoms with Crippen molar-refractivity contribution < 1.29 is 4.79 Å². The van der Waals surface area contributed by atoms with Gasteiger partial charge in [0.1, 0.15) is 0 Å². The third kappa shape index (κ3) is 8.25. The van der Waals surface area contributed by atoms with Crippen molar-refractivity contribution in [2.75, 3.05) is 33.2 Å². The van der Waals surface area contributed by atoms with Gasteiger partial charge in [0.05, 0.1) is 13.1 Å². The number of nitrogens with zero attached hydrogens (tertiary/aromatic N) is 3. The van der Waals surface area contributed by atoms with Crippen LogP contribution in [-0.4, -0.2) is 60.9 Å². The van der Waals surface area contributed by atoms with Crippen LogP contribution in [0.2, 0.25) is 0 Å². The van der Waals surface area contributed by atoms with Gasteiger partial charge in [0.15, 0.2) is 5.96 Å². The number of guanidine groups is 1. The lowest BCUT2D eigenvalue weighted by molar-refractivity contribution is -0.128. The van der Waals surface area contributed by atoms with Gasteiger partial charge in [0.2, 0.25) is 5.91 Å². The number of halogens is 1. The van der Waals surface area contributed by atoms with Gasteiger partial charge in [-0.15, -0.1) is 24.0 Å². The number of likely N-dealkylation sites (tertiary alicyclic amines) is 1. The van der Waals surface area contributed by atoms with Crippen LogP contribution < -0.4 is 10.6 Å². The molecule has 1 saturated heterocycles. The lowest BCUT2D eigenvalue weighted by Gasteiger charge is -2.31. The monoisotopic (exact) mass is 541 g/mol. The van der Waals surface area contributed by atoms with Crippen molar-refractivity contribution in [1.82, 2.24) is 20.4 Å². The topological polar surface area (TPSA) is 60.0 Å². The summed E-state index contributed by atoms with van der Waals surface area (Å²) in [6, 6.07) is 9.31. The average Bonchev–Trinajstić information content (AvgIpc) is 3.32. The highest BCUT2D eigenvalue weighted by molar-refractivity contribution is 14.0. The molecule has 1 amide bonds. The van der Waals surface area contributed by atoms with Crippen LogP contribution >= 0.6 is 24.0 Å². The van der Waals surface area contributed by atoms with E-state index in [9.17, 15) is 4.79 Å². The molecule has 1 aliphatic heterocycles. The minimum Gasteiger partial charge on any atom is -0.357 e. The second kappa shape index (κ2) is 13.9. The number of hydrogen-bond donors (Lipinski definition) is 2. The fraction of sp³-hybridized carbons (Fsp3) is 0.667. The molecule has 1 aromatic carbocycles. The Kier molecular flexibility index (Phi) is 11.6. The Morgan fingerprint density at radius 2 is 1.74 bits per heavy atom. The number of carbonyl (C=O) groups is 1. The molecule has 6 nitrogen and oxygen atoms in total. The molecule has 174 valence electrons. The molecular weight excluding hydrogens is 501 g/mol. The van der Waals surface area contributed by atoms with Gasteiger partial charge >= 0.3 is 0 Å². The number of amides is 1. The molecule has 31 heavy (non-hydrogen) atoms. The molecule has 1 heterocycles. The van der Waals surface area contributed by atoms with Gasteiger partial charge in [0.25, 0.3) is 0 Å². The zero-order valence-electron chi connectivity index (χ0n) is 19.2. The van der Waals surface area contributed by atoms with E-state index in [2.05, 4.69) is 46.8 Å². The summed E-state index contributed by atoms with van der Waals surface area (Å²) in [5.74, 6) is 0.869. The number of aliphatic imine (C=N–C) groups is 1. The van der Waals surface area contributed by atoms with Crippen LogP contribution in [0.5, 0.6) is 0 Å². The summed E-state index contributed by atoms with van der Waals surface area (Å²) in [6.45, 7) is 6.47. The first-order valence-corrected chi connectivity index (χ1v) is 11.7. The first-order valence-electron chi connectivity index (χ1n) is 11.7. The third-order valence-electron chi connectivity index (χ3n) is 6.35. The van der Waals surface area contributed by atoms with Crippen LogP contribution in [0, 0.1) is 0 Å². The van der Waals surface area contributed by atoms with E-state index >= 15 is 0 Å². The molecule has 0 radical (unpaired) electrons. The molecule has 0 aromatic heterocycles. The molecule has 2 N–H and O–H groups in total. The van der Waals surface area contributed by atoms with Gasteiger partial charge in [-0.05, 0) is 50.8 Å². The maximum absolute atomic E-state index is 12.3. The summed E-state index contributed by atoms with van der Waals surface area (Å²) in [7, 11) is 2.26. The van der Waals surface area contributed by atoms with E-state index in [1.54, 1.807) is 0 Å². The quantitative estimate of drug-likeness (QED) is 0.299. The molecule has 2 fully saturated rings. The highest BCUT2D eigenvalue weighted by atomic mass is 127. The Labute approximate surface area is 205 Å². The van der Waals surface area contributed by atoms with Crippen LogP contribution in [0.25, 0.3) is 0 Å². The Balaban J connectivity index is 0.00000341. The first kappa shape index (κ1) is 25.9. The van der Waals surface area contributed by atoms with Crippen molar-refractivity contribution in [3.63, 3.8) is 0 Å². The van der Waals surface area contributed by atoms with E-state index in [-0.39, 0.29) is 29.9 Å². The van der Waals surface area contributed by atoms with Crippen molar-refractivity contribution in [1.29, 1.82) is 0 Å². The number of rotatable bonds is 8. The van der Waals surface area contributed by atoms with Crippen LogP contribution in [0.1, 0.15) is 63.0 Å². The Hall–Kier alpha value is -1.35. The summed E-state index contributed by atoms with van der Waals surface area (Å²) < 4.78 is 0. The zero-order chi connectivity index (χ0) is 21.2. The summed E-state index contributed by atoms with van der Waals surface area (Å²) in [5.41, 5.74) is 2.60. The molecule has 1 aromatic rings. The second-order valence-corrected chi connectivity index (χ2v) is 8.61. The minimum atomic E-state index is 0. The molecule has 1 saturated carbocycles. The number of benzene rings is 1. The standard InChI is InChI=1S/C24H39N5O.HI/c1-3-25-24(27-18-23(30)29-15-9-10-16-29)26-17-20-11-7-8-12-21(20)19-28(2)22-13-5-4-6-14-22;/h7-8,11-12,22H,3-6,9-10,13-19H2,1-2H3,(H2,25,26,27);1H. The van der Waals surface area contributed by atoms with E-state index in [0.29, 0.717) is 25.1 Å². The van der Waals surface area contributed by atoms with Crippen LogP contribution in [0.4, 0.5) is 0 Å². The maximum Gasteiger partial charge on any atom is 0.241 e. The largest absolute Gasteiger partial charge is 0.357 e. The van der Waals surface area contributed by atoms with E-state index in [4.69, 9.17) is 4.99 Å². The van der Waals surface area contributed by atoms with Gasteiger partial charge in [-0.3, -0.25) is 9.69 Å². The number of carbonyl (C=O) groups excluding carboxylic acids is 1. The van der Waals surface area contributed by atoms with E-state index < -0.39 is 0 Å². The highest BCUT2D eigenvalue weighted by Gasteiger charge is 2.19. The van der Waals surface area contributed by atoms with Gasteiger partial charge in [-0.2, -0.15) is 0 Å². The normalized spacial score (nSPS) is 17.5. The molecule has 0 atom stereocenters. The summed E-state index contributed by atoms with van der Waals surface area (Å²) in [4.78, 5) is 21.5. The van der Waals surface area contributed by atoms with Crippen LogP contribution in [0.15, 0.2) is 29.3 Å². The van der Waals surface area contributed by atoms with Crippen molar-refractivity contribution in [3.8, 4) is 0 Å². The van der Waals surface area contributed by atoms with Crippen LogP contribution in [-0.2, 0) is 17.9 Å². The number of hydrogen-bond acceptors (Lipinski definition) is 3. The predicted molar refractivity (Wildman–Crippen MR) is 139 cm³/mol. The summed E-state index contributed by atoms with van der Waals surface area (Å²) >= 11 is 0. The van der Waals surface area contributed by atoms with Crippen molar-refractivity contribution >= 4 is 35.8 Å². The molecule has 1 aliphatic carbocycles. The van der Waals surface area contributed by atoms with Gasteiger partial charge in [-0.25, -0.2) is 4.99 Å². The molecule has 0 spiro atoms. The molecule has 7 heteroatoms. The lowest BCUT2D eigenvalue weighted by Crippen LogP contribution is -2.44. The molecule has 0 unspecified atom stereocenters. The van der Waals surface area contributed by atoms with Crippen molar-refractivity contribution in [2.45, 2.75) is 71.0 Å². The molecule has 2 aliphatic rings. The van der Waals surface area contributed by atoms with E-state index in [1.165, 1.54) is 43.2 Å². The SMILES string of the molecule is CCNC(=NCc1ccccc1CN(C)C1CCCCC1)NCC(=O)N1CCCC1.I. The smallest absolute Gasteiger partial charge is 0.241 e. The van der Waals surface area contributed by atoms with E-state index in [1.807, 2.05) is 11.8 Å². The predicted octanol–water partition coefficient (Wildman–Crippen LogP) is 3.75. The Bertz CT molecular complexity index is 699. The van der Waals surface area contributed by atoms with Gasteiger partial charge in [0, 0.05) is 32.2 Å². The molecular formula is C24H40IN5O. The Morgan fingerprint density at radius 1 is 1.06 bits per heavy atom. The first-order chi connectivity index (χ1) is 14.7. The zero-order valence-corrected chi connectivity index (χ0v) is 21.6. The molecule has 0 bridgehead atoms. The second-order valence-electron chi connectivity index (χ2n) is 8.61. The highest BCUT2D eigenvalue weighted by Crippen LogP contribution is 2.23. The molecule has 3 rings (SSSR count).